The van der Waals surface area contributed by atoms with Crippen molar-refractivity contribution in [1.82, 2.24) is 9.80 Å². The molecule has 0 saturated carbocycles. The van der Waals surface area contributed by atoms with Crippen molar-refractivity contribution >= 4 is 12.0 Å². The van der Waals surface area contributed by atoms with Crippen LogP contribution in [-0.4, -0.2) is 43.4 Å². The Hall–Kier alpha value is -2.33. The van der Waals surface area contributed by atoms with Crippen molar-refractivity contribution in [2.45, 2.75) is 6.54 Å². The van der Waals surface area contributed by atoms with Crippen LogP contribution in [-0.2, 0) is 6.54 Å². The summed E-state index contributed by atoms with van der Waals surface area (Å²) in [7, 11) is 5.45. The number of nitrogens with zero attached hydrogens (tertiary/aromatic N) is 2. The molecule has 0 saturated heterocycles. The molecule has 0 radical (unpaired) electrons. The van der Waals surface area contributed by atoms with Gasteiger partial charge in [-0.2, -0.15) is 0 Å². The van der Waals surface area contributed by atoms with E-state index in [1.54, 1.807) is 20.2 Å². The van der Waals surface area contributed by atoms with Crippen molar-refractivity contribution in [3.8, 4) is 0 Å². The highest BCUT2D eigenvalue weighted by Gasteiger charge is 2.13. The molecule has 4 heteroatoms. The monoisotopic (exact) mass is 298 g/mol. The predicted octanol–water partition coefficient (Wildman–Crippen LogP) is 3.13. The molecule has 1 heterocycles. The van der Waals surface area contributed by atoms with E-state index >= 15 is 0 Å². The molecule has 2 aromatic rings. The van der Waals surface area contributed by atoms with E-state index in [1.807, 2.05) is 31.3 Å². The van der Waals surface area contributed by atoms with Crippen molar-refractivity contribution in [2.24, 2.45) is 0 Å². The highest BCUT2D eigenvalue weighted by molar-refractivity contribution is 5.91. The van der Waals surface area contributed by atoms with Crippen LogP contribution in [0.4, 0.5) is 0 Å². The number of carbonyl (C=O) groups is 1. The van der Waals surface area contributed by atoms with Crippen LogP contribution >= 0.6 is 0 Å². The summed E-state index contributed by atoms with van der Waals surface area (Å²) in [6.45, 7) is 1.48. The highest BCUT2D eigenvalue weighted by Crippen LogP contribution is 2.11. The van der Waals surface area contributed by atoms with Crippen LogP contribution in [0.5, 0.6) is 0 Å². The SMILES string of the molecule is CN(C/C=C/c1ccccc1)Cc1ccc(C(=O)N(C)C)o1. The number of hydrogen-bond acceptors (Lipinski definition) is 3. The number of benzene rings is 1. The second kappa shape index (κ2) is 7.61. The fourth-order valence-corrected chi connectivity index (χ4v) is 2.06. The second-order valence-electron chi connectivity index (χ2n) is 5.48. The molecule has 0 unspecified atom stereocenters. The Morgan fingerprint density at radius 1 is 1.09 bits per heavy atom. The van der Waals surface area contributed by atoms with Gasteiger partial charge >= 0.3 is 0 Å². The van der Waals surface area contributed by atoms with E-state index in [-0.39, 0.29) is 5.91 Å². The van der Waals surface area contributed by atoms with Crippen molar-refractivity contribution in [2.75, 3.05) is 27.7 Å². The zero-order valence-electron chi connectivity index (χ0n) is 13.3. The zero-order chi connectivity index (χ0) is 15.9. The largest absolute Gasteiger partial charge is 0.455 e. The second-order valence-corrected chi connectivity index (χ2v) is 5.48. The Kier molecular flexibility index (Phi) is 5.55. The molecule has 116 valence electrons. The minimum Gasteiger partial charge on any atom is -0.455 e. The minimum atomic E-state index is -0.113. The summed E-state index contributed by atoms with van der Waals surface area (Å²) < 4.78 is 5.59. The summed E-state index contributed by atoms with van der Waals surface area (Å²) >= 11 is 0. The number of amides is 1. The maximum atomic E-state index is 11.8. The van der Waals surface area contributed by atoms with Crippen molar-refractivity contribution in [1.29, 1.82) is 0 Å². The zero-order valence-corrected chi connectivity index (χ0v) is 13.3. The predicted molar refractivity (Wildman–Crippen MR) is 88.5 cm³/mol. The lowest BCUT2D eigenvalue weighted by Gasteiger charge is -2.12. The van der Waals surface area contributed by atoms with Crippen LogP contribution < -0.4 is 0 Å². The van der Waals surface area contributed by atoms with Gasteiger partial charge in [-0.15, -0.1) is 0 Å². The number of hydrogen-bond donors (Lipinski definition) is 0. The lowest BCUT2D eigenvalue weighted by molar-refractivity contribution is 0.0793. The van der Waals surface area contributed by atoms with E-state index < -0.39 is 0 Å². The van der Waals surface area contributed by atoms with E-state index in [1.165, 1.54) is 10.5 Å². The van der Waals surface area contributed by atoms with Crippen LogP contribution in [0.15, 0.2) is 53.0 Å². The van der Waals surface area contributed by atoms with Crippen molar-refractivity contribution in [3.05, 3.63) is 65.6 Å². The Bertz CT molecular complexity index is 630. The topological polar surface area (TPSA) is 36.7 Å². The van der Waals surface area contributed by atoms with Crippen LogP contribution in [0.2, 0.25) is 0 Å². The first-order valence-corrected chi connectivity index (χ1v) is 7.27. The molecule has 0 N–H and O–H groups in total. The van der Waals surface area contributed by atoms with E-state index in [0.717, 1.165) is 12.3 Å². The summed E-state index contributed by atoms with van der Waals surface area (Å²) in [6, 6.07) is 13.8. The molecule has 1 aromatic heterocycles. The number of furan rings is 1. The Balaban J connectivity index is 1.86. The van der Waals surface area contributed by atoms with Gasteiger partial charge in [0.25, 0.3) is 5.91 Å². The van der Waals surface area contributed by atoms with Gasteiger partial charge in [-0.25, -0.2) is 0 Å². The molecule has 4 nitrogen and oxygen atoms in total. The maximum Gasteiger partial charge on any atom is 0.289 e. The lowest BCUT2D eigenvalue weighted by Crippen LogP contribution is -2.21. The average Bonchev–Trinajstić information content (AvgIpc) is 2.95. The fourth-order valence-electron chi connectivity index (χ4n) is 2.06. The number of rotatable bonds is 6. The molecule has 0 fully saturated rings. The van der Waals surface area contributed by atoms with Gasteiger partial charge < -0.3 is 9.32 Å². The minimum absolute atomic E-state index is 0.113. The first-order chi connectivity index (χ1) is 10.6. The molecular weight excluding hydrogens is 276 g/mol. The van der Waals surface area contributed by atoms with Gasteiger partial charge in [0.2, 0.25) is 0 Å². The summed E-state index contributed by atoms with van der Waals surface area (Å²) in [5.74, 6) is 1.06. The van der Waals surface area contributed by atoms with Crippen LogP contribution in [0, 0.1) is 0 Å². The van der Waals surface area contributed by atoms with Gasteiger partial charge in [-0.1, -0.05) is 42.5 Å². The van der Waals surface area contributed by atoms with E-state index in [4.69, 9.17) is 4.42 Å². The van der Waals surface area contributed by atoms with Gasteiger partial charge in [0.1, 0.15) is 5.76 Å². The fraction of sp³-hybridized carbons (Fsp3) is 0.278. The molecular formula is C18H22N2O2. The average molecular weight is 298 g/mol. The van der Waals surface area contributed by atoms with Crippen LogP contribution in [0.25, 0.3) is 6.08 Å². The molecule has 0 bridgehead atoms. The van der Waals surface area contributed by atoms with E-state index in [0.29, 0.717) is 12.3 Å². The van der Waals surface area contributed by atoms with Crippen molar-refractivity contribution in [3.63, 3.8) is 0 Å². The van der Waals surface area contributed by atoms with E-state index in [9.17, 15) is 4.79 Å². The molecule has 22 heavy (non-hydrogen) atoms. The molecule has 1 aromatic carbocycles. The van der Waals surface area contributed by atoms with Crippen molar-refractivity contribution < 1.29 is 9.21 Å². The van der Waals surface area contributed by atoms with Gasteiger partial charge in [-0.3, -0.25) is 9.69 Å². The molecule has 1 amide bonds. The first kappa shape index (κ1) is 16.0. The third kappa shape index (κ3) is 4.60. The molecule has 0 aliphatic heterocycles. The van der Waals surface area contributed by atoms with E-state index in [2.05, 4.69) is 29.2 Å². The van der Waals surface area contributed by atoms with Gasteiger partial charge in [0.15, 0.2) is 5.76 Å². The molecule has 0 aliphatic rings. The smallest absolute Gasteiger partial charge is 0.289 e. The molecule has 0 spiro atoms. The summed E-state index contributed by atoms with van der Waals surface area (Å²) in [4.78, 5) is 15.4. The number of likely N-dealkylation sites (N-methyl/N-ethyl adjacent to an activating group) is 1. The standard InChI is InChI=1S/C18H22N2O2/c1-19(2)18(21)17-12-11-16(22-17)14-20(3)13-7-10-15-8-5-4-6-9-15/h4-12H,13-14H2,1-3H3/b10-7+. The third-order valence-electron chi connectivity index (χ3n) is 3.23. The summed E-state index contributed by atoms with van der Waals surface area (Å²) in [5, 5.41) is 0. The normalized spacial score (nSPS) is 11.3. The third-order valence-corrected chi connectivity index (χ3v) is 3.23. The van der Waals surface area contributed by atoms with Gasteiger partial charge in [0.05, 0.1) is 6.54 Å². The molecule has 0 aliphatic carbocycles. The lowest BCUT2D eigenvalue weighted by atomic mass is 10.2. The number of carbonyl (C=O) groups excluding carboxylic acids is 1. The Morgan fingerprint density at radius 3 is 2.50 bits per heavy atom. The Labute approximate surface area is 131 Å². The van der Waals surface area contributed by atoms with Gasteiger partial charge in [0, 0.05) is 20.6 Å². The summed E-state index contributed by atoms with van der Waals surface area (Å²) in [6.07, 6.45) is 4.21. The Morgan fingerprint density at radius 2 is 1.82 bits per heavy atom. The highest BCUT2D eigenvalue weighted by atomic mass is 16.4. The van der Waals surface area contributed by atoms with Crippen LogP contribution in [0.3, 0.4) is 0 Å². The summed E-state index contributed by atoms with van der Waals surface area (Å²) in [5.41, 5.74) is 1.19. The first-order valence-electron chi connectivity index (χ1n) is 7.27. The molecule has 2 rings (SSSR count). The van der Waals surface area contributed by atoms with Crippen LogP contribution in [0.1, 0.15) is 21.9 Å². The maximum absolute atomic E-state index is 11.8. The molecule has 0 atom stereocenters. The quantitative estimate of drug-likeness (QED) is 0.822. The van der Waals surface area contributed by atoms with Gasteiger partial charge in [-0.05, 0) is 24.7 Å².